The Morgan fingerprint density at radius 2 is 1.30 bits per heavy atom. The predicted octanol–water partition coefficient (Wildman–Crippen LogP) is 6.40. The van der Waals surface area contributed by atoms with Gasteiger partial charge in [0.15, 0.2) is 5.43 Å². The number of halogens is 3. The van der Waals surface area contributed by atoms with Crippen LogP contribution in [0.1, 0.15) is 5.69 Å². The average molecular weight is 602 g/mol. The number of alkyl halides is 3. The van der Waals surface area contributed by atoms with Gasteiger partial charge in [-0.3, -0.25) is 9.36 Å². The molecule has 5 aromatic rings. The molecule has 226 valence electrons. The molecule has 1 saturated heterocycles. The van der Waals surface area contributed by atoms with Crippen LogP contribution in [0.2, 0.25) is 0 Å². The van der Waals surface area contributed by atoms with Crippen LogP contribution in [0.4, 0.5) is 36.2 Å². The van der Waals surface area contributed by atoms with Crippen LogP contribution in [0.25, 0.3) is 16.6 Å². The van der Waals surface area contributed by atoms with Gasteiger partial charge in [0, 0.05) is 55.0 Å². The molecule has 3 aromatic carbocycles. The number of carboxylic acid groups (broad SMARTS) is 1. The van der Waals surface area contributed by atoms with Crippen LogP contribution in [0.15, 0.2) is 108 Å². The number of hydrogen-bond acceptors (Lipinski definition) is 6. The van der Waals surface area contributed by atoms with Crippen molar-refractivity contribution in [2.75, 3.05) is 41.3 Å². The fourth-order valence-corrected chi connectivity index (χ4v) is 5.10. The van der Waals surface area contributed by atoms with Gasteiger partial charge in [-0.2, -0.15) is 13.2 Å². The molecule has 3 heterocycles. The molecule has 8 nitrogen and oxygen atoms in total. The Morgan fingerprint density at radius 1 is 0.795 bits per heavy atom. The maximum absolute atomic E-state index is 13.7. The zero-order chi connectivity index (χ0) is 31.3. The van der Waals surface area contributed by atoms with E-state index in [1.165, 1.54) is 5.69 Å². The molecule has 0 aliphatic carbocycles. The summed E-state index contributed by atoms with van der Waals surface area (Å²) < 4.78 is 33.9. The Kier molecular flexibility index (Phi) is 8.84. The first-order valence-corrected chi connectivity index (χ1v) is 13.9. The summed E-state index contributed by atoms with van der Waals surface area (Å²) in [5.74, 6) is -1.27. The quantitative estimate of drug-likeness (QED) is 0.241. The SMILES string of the molecule is Cc1cc2c(c(N3CCN(c4ccccc4)CC3)n1)c(=O)cc(Nc1ccccc1)n2-c1ccccc1.O=C(O)C(F)(F)F. The third kappa shape index (κ3) is 6.83. The number of fused-ring (bicyclic) bond motifs is 1. The first-order valence-electron chi connectivity index (χ1n) is 13.9. The van der Waals surface area contributed by atoms with Gasteiger partial charge in [0.05, 0.1) is 10.9 Å². The molecular formula is C33H30F3N5O3. The van der Waals surface area contributed by atoms with Crippen LogP contribution in [-0.4, -0.2) is 53.0 Å². The zero-order valence-electron chi connectivity index (χ0n) is 23.8. The van der Waals surface area contributed by atoms with Crippen molar-refractivity contribution in [3.05, 3.63) is 119 Å². The van der Waals surface area contributed by atoms with Gasteiger partial charge in [-0.05, 0) is 49.4 Å². The largest absolute Gasteiger partial charge is 0.490 e. The summed E-state index contributed by atoms with van der Waals surface area (Å²) in [5, 5.41) is 11.2. The van der Waals surface area contributed by atoms with Crippen LogP contribution < -0.4 is 20.5 Å². The van der Waals surface area contributed by atoms with Crippen molar-refractivity contribution in [2.45, 2.75) is 13.1 Å². The van der Waals surface area contributed by atoms with Crippen LogP contribution in [-0.2, 0) is 4.79 Å². The molecule has 0 atom stereocenters. The fourth-order valence-electron chi connectivity index (χ4n) is 5.10. The lowest BCUT2D eigenvalue weighted by atomic mass is 10.1. The number of para-hydroxylation sites is 3. The van der Waals surface area contributed by atoms with Gasteiger partial charge in [-0.25, -0.2) is 9.78 Å². The van der Waals surface area contributed by atoms with Gasteiger partial charge in [0.1, 0.15) is 11.6 Å². The summed E-state index contributed by atoms with van der Waals surface area (Å²) in [6, 6.07) is 34.3. The monoisotopic (exact) mass is 601 g/mol. The molecule has 2 aromatic heterocycles. The topological polar surface area (TPSA) is 90.7 Å². The van der Waals surface area contributed by atoms with Crippen molar-refractivity contribution >= 4 is 39.9 Å². The number of aryl methyl sites for hydroxylation is 1. The second-order valence-electron chi connectivity index (χ2n) is 10.1. The fraction of sp³-hybridized carbons (Fsp3) is 0.182. The number of carbonyl (C=O) groups is 1. The molecule has 1 aliphatic heterocycles. The van der Waals surface area contributed by atoms with E-state index in [0.717, 1.165) is 60.4 Å². The molecule has 6 rings (SSSR count). The number of piperazine rings is 1. The number of benzene rings is 3. The lowest BCUT2D eigenvalue weighted by Crippen LogP contribution is -2.47. The smallest absolute Gasteiger partial charge is 0.475 e. The normalized spacial score (nSPS) is 13.3. The maximum Gasteiger partial charge on any atom is 0.490 e. The molecule has 1 fully saturated rings. The summed E-state index contributed by atoms with van der Waals surface area (Å²) in [6.45, 7) is 5.36. The van der Waals surface area contributed by atoms with Crippen LogP contribution in [0.3, 0.4) is 0 Å². The van der Waals surface area contributed by atoms with Gasteiger partial charge < -0.3 is 20.2 Å². The highest BCUT2D eigenvalue weighted by Gasteiger charge is 2.38. The van der Waals surface area contributed by atoms with Crippen molar-refractivity contribution in [3.8, 4) is 5.69 Å². The van der Waals surface area contributed by atoms with Crippen molar-refractivity contribution in [1.82, 2.24) is 9.55 Å². The molecular weight excluding hydrogens is 571 g/mol. The van der Waals surface area contributed by atoms with Gasteiger partial charge in [-0.15, -0.1) is 0 Å². The number of nitrogens with zero attached hydrogens (tertiary/aromatic N) is 4. The Balaban J connectivity index is 0.000000493. The van der Waals surface area contributed by atoms with Crippen molar-refractivity contribution < 1.29 is 23.1 Å². The summed E-state index contributed by atoms with van der Waals surface area (Å²) in [4.78, 5) is 32.2. The summed E-state index contributed by atoms with van der Waals surface area (Å²) in [7, 11) is 0. The van der Waals surface area contributed by atoms with E-state index >= 15 is 0 Å². The molecule has 0 saturated carbocycles. The van der Waals surface area contributed by atoms with E-state index in [1.807, 2.05) is 67.6 Å². The minimum absolute atomic E-state index is 0.0337. The number of hydrogen-bond donors (Lipinski definition) is 2. The highest BCUT2D eigenvalue weighted by atomic mass is 19.4. The first-order chi connectivity index (χ1) is 21.1. The second kappa shape index (κ2) is 12.9. The number of aromatic nitrogens is 2. The maximum atomic E-state index is 13.7. The third-order valence-electron chi connectivity index (χ3n) is 7.11. The third-order valence-corrected chi connectivity index (χ3v) is 7.11. The lowest BCUT2D eigenvalue weighted by molar-refractivity contribution is -0.192. The van der Waals surface area contributed by atoms with E-state index in [9.17, 15) is 18.0 Å². The minimum Gasteiger partial charge on any atom is -0.475 e. The number of nitrogens with one attached hydrogen (secondary N) is 1. The molecule has 1 aliphatic rings. The highest BCUT2D eigenvalue weighted by Crippen LogP contribution is 2.31. The van der Waals surface area contributed by atoms with Gasteiger partial charge in [-0.1, -0.05) is 54.6 Å². The van der Waals surface area contributed by atoms with E-state index in [2.05, 4.69) is 56.1 Å². The Morgan fingerprint density at radius 3 is 1.84 bits per heavy atom. The Hall–Kier alpha value is -5.32. The molecule has 0 amide bonds. The number of carboxylic acids is 1. The molecule has 2 N–H and O–H groups in total. The van der Waals surface area contributed by atoms with Gasteiger partial charge in [0.2, 0.25) is 0 Å². The van der Waals surface area contributed by atoms with E-state index < -0.39 is 12.1 Å². The molecule has 0 radical (unpaired) electrons. The van der Waals surface area contributed by atoms with Gasteiger partial charge >= 0.3 is 12.1 Å². The number of anilines is 4. The lowest BCUT2D eigenvalue weighted by Gasteiger charge is -2.37. The van der Waals surface area contributed by atoms with Crippen LogP contribution in [0, 0.1) is 6.92 Å². The summed E-state index contributed by atoms with van der Waals surface area (Å²) in [5.41, 5.74) is 4.84. The van der Waals surface area contributed by atoms with Crippen LogP contribution in [0.5, 0.6) is 0 Å². The second-order valence-corrected chi connectivity index (χ2v) is 10.1. The molecule has 0 unspecified atom stereocenters. The van der Waals surface area contributed by atoms with E-state index in [0.29, 0.717) is 5.39 Å². The zero-order valence-corrected chi connectivity index (χ0v) is 23.8. The number of rotatable bonds is 5. The summed E-state index contributed by atoms with van der Waals surface area (Å²) >= 11 is 0. The van der Waals surface area contributed by atoms with E-state index in [4.69, 9.17) is 14.9 Å². The van der Waals surface area contributed by atoms with Crippen molar-refractivity contribution in [3.63, 3.8) is 0 Å². The molecule has 0 spiro atoms. The first kappa shape index (κ1) is 30.1. The number of aliphatic carboxylic acids is 1. The molecule has 0 bridgehead atoms. The van der Waals surface area contributed by atoms with Crippen molar-refractivity contribution in [2.24, 2.45) is 0 Å². The molecule has 11 heteroatoms. The summed E-state index contributed by atoms with van der Waals surface area (Å²) in [6.07, 6.45) is -5.08. The molecule has 44 heavy (non-hydrogen) atoms. The Labute approximate surface area is 251 Å². The van der Waals surface area contributed by atoms with E-state index in [-0.39, 0.29) is 5.43 Å². The van der Waals surface area contributed by atoms with E-state index in [1.54, 1.807) is 6.07 Å². The number of pyridine rings is 2. The predicted molar refractivity (Wildman–Crippen MR) is 166 cm³/mol. The minimum atomic E-state index is -5.08. The van der Waals surface area contributed by atoms with Crippen molar-refractivity contribution in [1.29, 1.82) is 0 Å². The van der Waals surface area contributed by atoms with Gasteiger partial charge in [0.25, 0.3) is 0 Å². The Bertz CT molecular complexity index is 1790. The standard InChI is InChI=1S/C31H29N5O.C2HF3O2/c1-23-21-27-30(31(32-23)35-19-17-34(18-20-35)25-13-7-3-8-14-25)28(37)22-29(33-24-11-5-2-6-12-24)36(27)26-15-9-4-10-16-26;3-2(4,5)1(6)7/h2-16,21-22,33H,17-20H2,1H3;(H,6,7). The van der Waals surface area contributed by atoms with Crippen LogP contribution >= 0.6 is 0 Å². The average Bonchev–Trinajstić information content (AvgIpc) is 3.02. The highest BCUT2D eigenvalue weighted by molar-refractivity contribution is 5.93.